The molecule has 0 bridgehead atoms. The van der Waals surface area contributed by atoms with Crippen molar-refractivity contribution in [3.8, 4) is 5.75 Å². The number of nitrogens with two attached hydrogens (primary N) is 1. The minimum atomic E-state index is 0. The van der Waals surface area contributed by atoms with Gasteiger partial charge in [0.1, 0.15) is 5.75 Å². The summed E-state index contributed by atoms with van der Waals surface area (Å²) in [7, 11) is 0. The van der Waals surface area contributed by atoms with Crippen LogP contribution in [0.2, 0.25) is 0 Å². The predicted octanol–water partition coefficient (Wildman–Crippen LogP) is -3.64. The van der Waals surface area contributed by atoms with E-state index in [1.54, 1.807) is 18.2 Å². The van der Waals surface area contributed by atoms with Crippen LogP contribution >= 0.6 is 0 Å². The fraction of sp³-hybridized carbons (Fsp3) is 0. The molecule has 0 amide bonds. The molecule has 0 saturated heterocycles. The summed E-state index contributed by atoms with van der Waals surface area (Å²) in [5.41, 5.74) is 6.31. The van der Waals surface area contributed by atoms with Gasteiger partial charge in [0.05, 0.1) is 0 Å². The van der Waals surface area contributed by atoms with Crippen LogP contribution < -0.4 is 64.8 Å². The quantitative estimate of drug-likeness (QED) is 0.346. The molecule has 0 heterocycles. The van der Waals surface area contributed by atoms with Crippen LogP contribution in [0.5, 0.6) is 5.75 Å². The molecule has 14 heavy (non-hydrogen) atoms. The Morgan fingerprint density at radius 2 is 1.57 bits per heavy atom. The van der Waals surface area contributed by atoms with Crippen molar-refractivity contribution in [3.05, 3.63) is 36.4 Å². The van der Waals surface area contributed by atoms with Crippen molar-refractivity contribution in [3.63, 3.8) is 0 Å². The molecule has 3 N–H and O–H groups in total. The smallest absolute Gasteiger partial charge is 1.00 e. The summed E-state index contributed by atoms with van der Waals surface area (Å²) in [6.07, 6.45) is 0. The maximum Gasteiger partial charge on any atom is 1.00 e. The normalized spacial score (nSPS) is 8.86. The molecule has 2 rings (SSSR count). The Balaban J connectivity index is -0.000000422. The van der Waals surface area contributed by atoms with E-state index in [1.165, 1.54) is 0 Å². The van der Waals surface area contributed by atoms with E-state index in [0.717, 1.165) is 10.8 Å². The molecule has 2 nitrogen and oxygen atoms in total. The second-order valence-corrected chi connectivity index (χ2v) is 2.72. The molecule has 0 aromatic heterocycles. The monoisotopic (exact) mass is 207 g/mol. The number of aromatic hydroxyl groups is 1. The summed E-state index contributed by atoms with van der Waals surface area (Å²) in [5.74, 6) is 0.241. The maximum atomic E-state index is 9.47. The Bertz CT molecular complexity index is 403. The van der Waals surface area contributed by atoms with Crippen LogP contribution in [-0.4, -0.2) is 5.11 Å². The Hall–Kier alpha value is 0.300. The van der Waals surface area contributed by atoms with Crippen molar-refractivity contribution in [2.75, 3.05) is 5.73 Å². The molecule has 2 aromatic rings. The summed E-state index contributed by atoms with van der Waals surface area (Å²) in [6, 6.07) is 10.9. The van der Waals surface area contributed by atoms with E-state index in [-0.39, 0.29) is 67.7 Å². The van der Waals surface area contributed by atoms with E-state index in [0.29, 0.717) is 5.69 Å². The number of hydrogen-bond donors (Lipinski definition) is 2. The third-order valence-corrected chi connectivity index (χ3v) is 1.91. The molecule has 0 aliphatic rings. The van der Waals surface area contributed by atoms with Gasteiger partial charge in [-0.1, -0.05) is 24.3 Å². The molecule has 4 heteroatoms. The number of phenols is 1. The Labute approximate surface area is 130 Å². The molecule has 0 aliphatic heterocycles. The van der Waals surface area contributed by atoms with Crippen molar-refractivity contribution in [1.29, 1.82) is 0 Å². The molecular weight excluding hydrogens is 196 g/mol. The van der Waals surface area contributed by atoms with Gasteiger partial charge >= 0.3 is 59.1 Å². The van der Waals surface area contributed by atoms with Crippen molar-refractivity contribution < 1.29 is 67.1 Å². The number of anilines is 1. The molecule has 64 valence electrons. The first-order chi connectivity index (χ1) is 5.79. The van der Waals surface area contributed by atoms with E-state index >= 15 is 0 Å². The average Bonchev–Trinajstić information content (AvgIpc) is 2.04. The van der Waals surface area contributed by atoms with Gasteiger partial charge in [0.15, 0.2) is 0 Å². The first-order valence-electron chi connectivity index (χ1n) is 3.75. The predicted molar refractivity (Wildman–Crippen MR) is 52.2 cm³/mol. The standard InChI is InChI=1S/C10H9NO.2Na.2H/c11-8-5-1-3-7-4-2-6-9(12)10(7)8;;;;/h1-6,12H,11H2;;;;/q;2*+1;2*-1. The average molecular weight is 207 g/mol. The van der Waals surface area contributed by atoms with Crippen LogP contribution in [0.3, 0.4) is 0 Å². The summed E-state index contributed by atoms with van der Waals surface area (Å²) < 4.78 is 0. The Morgan fingerprint density at radius 1 is 1.00 bits per heavy atom. The third-order valence-electron chi connectivity index (χ3n) is 1.91. The zero-order valence-corrected chi connectivity index (χ0v) is 12.5. The largest absolute Gasteiger partial charge is 1.00 e. The Morgan fingerprint density at radius 3 is 2.14 bits per heavy atom. The van der Waals surface area contributed by atoms with Gasteiger partial charge in [0.25, 0.3) is 0 Å². The van der Waals surface area contributed by atoms with Crippen molar-refractivity contribution in [2.24, 2.45) is 0 Å². The number of rotatable bonds is 0. The van der Waals surface area contributed by atoms with Gasteiger partial charge in [0.2, 0.25) is 0 Å². The van der Waals surface area contributed by atoms with E-state index in [1.807, 2.05) is 18.2 Å². The van der Waals surface area contributed by atoms with E-state index in [9.17, 15) is 5.11 Å². The fourth-order valence-electron chi connectivity index (χ4n) is 1.35. The van der Waals surface area contributed by atoms with Crippen LogP contribution in [0.1, 0.15) is 2.85 Å². The van der Waals surface area contributed by atoms with Crippen molar-refractivity contribution in [1.82, 2.24) is 0 Å². The zero-order valence-electron chi connectivity index (χ0n) is 10.5. The van der Waals surface area contributed by atoms with E-state index < -0.39 is 0 Å². The van der Waals surface area contributed by atoms with Crippen LogP contribution in [0.4, 0.5) is 5.69 Å². The molecule has 0 saturated carbocycles. The second-order valence-electron chi connectivity index (χ2n) is 2.72. The summed E-state index contributed by atoms with van der Waals surface area (Å²) in [6.45, 7) is 0. The van der Waals surface area contributed by atoms with Gasteiger partial charge in [-0.2, -0.15) is 0 Å². The van der Waals surface area contributed by atoms with Gasteiger partial charge in [-0.3, -0.25) is 0 Å². The molecule has 0 atom stereocenters. The minimum absolute atomic E-state index is 0. The topological polar surface area (TPSA) is 46.2 Å². The SMILES string of the molecule is Nc1cccc2cccc(O)c12.[H-].[H-].[Na+].[Na+]. The molecule has 0 unspecified atom stereocenters. The number of hydrogen-bond acceptors (Lipinski definition) is 2. The molecule has 0 spiro atoms. The minimum Gasteiger partial charge on any atom is -1.00 e. The van der Waals surface area contributed by atoms with Crippen LogP contribution in [0.25, 0.3) is 10.8 Å². The van der Waals surface area contributed by atoms with Gasteiger partial charge in [-0.25, -0.2) is 0 Å². The number of nitrogen functional groups attached to an aromatic ring is 1. The van der Waals surface area contributed by atoms with Gasteiger partial charge in [-0.05, 0) is 17.5 Å². The summed E-state index contributed by atoms with van der Waals surface area (Å²) in [4.78, 5) is 0. The fourth-order valence-corrected chi connectivity index (χ4v) is 1.35. The summed E-state index contributed by atoms with van der Waals surface area (Å²) >= 11 is 0. The second kappa shape index (κ2) is 6.01. The first kappa shape index (κ1) is 14.3. The molecule has 0 radical (unpaired) electrons. The molecule has 0 fully saturated rings. The van der Waals surface area contributed by atoms with Gasteiger partial charge < -0.3 is 13.7 Å². The molecule has 2 aromatic carbocycles. The van der Waals surface area contributed by atoms with E-state index in [2.05, 4.69) is 0 Å². The van der Waals surface area contributed by atoms with Crippen molar-refractivity contribution >= 4 is 16.5 Å². The van der Waals surface area contributed by atoms with Gasteiger partial charge in [-0.15, -0.1) is 0 Å². The van der Waals surface area contributed by atoms with Crippen LogP contribution in [0, 0.1) is 0 Å². The van der Waals surface area contributed by atoms with Crippen LogP contribution in [-0.2, 0) is 0 Å². The third kappa shape index (κ3) is 2.66. The number of fused-ring (bicyclic) bond motifs is 1. The van der Waals surface area contributed by atoms with E-state index in [4.69, 9.17) is 5.73 Å². The first-order valence-corrected chi connectivity index (χ1v) is 3.75. The zero-order chi connectivity index (χ0) is 8.55. The summed E-state index contributed by atoms with van der Waals surface area (Å²) in [5, 5.41) is 11.2. The number of phenolic OH excluding ortho intramolecular Hbond substituents is 1. The van der Waals surface area contributed by atoms with Gasteiger partial charge in [0, 0.05) is 11.1 Å². The molecular formula is C10H11NNa2O. The number of benzene rings is 2. The maximum absolute atomic E-state index is 9.47. The molecule has 0 aliphatic carbocycles. The Kier molecular flexibility index (Phi) is 6.14. The van der Waals surface area contributed by atoms with Crippen molar-refractivity contribution in [2.45, 2.75) is 0 Å². The van der Waals surface area contributed by atoms with Crippen LogP contribution in [0.15, 0.2) is 36.4 Å².